The highest BCUT2D eigenvalue weighted by atomic mass is 35.5. The maximum atomic E-state index is 12.5. The molecular weight excluding hydrogens is 459 g/mol. The Hall–Kier alpha value is -3.13. The summed E-state index contributed by atoms with van der Waals surface area (Å²) in [6.07, 6.45) is 2.74. The molecule has 3 N–H and O–H groups in total. The van der Waals surface area contributed by atoms with Crippen LogP contribution >= 0.6 is 23.2 Å². The van der Waals surface area contributed by atoms with E-state index in [-0.39, 0.29) is 11.9 Å². The lowest BCUT2D eigenvalue weighted by Crippen LogP contribution is -2.36. The van der Waals surface area contributed by atoms with Crippen LogP contribution in [0.15, 0.2) is 60.8 Å². The maximum Gasteiger partial charge on any atom is 0.251 e. The molecule has 7 nitrogen and oxygen atoms in total. The van der Waals surface area contributed by atoms with Gasteiger partial charge in [0.05, 0.1) is 21.9 Å². The number of benzene rings is 2. The van der Waals surface area contributed by atoms with E-state index in [0.717, 1.165) is 42.0 Å². The van der Waals surface area contributed by atoms with Crippen LogP contribution in [-0.2, 0) is 6.54 Å². The van der Waals surface area contributed by atoms with Crippen molar-refractivity contribution in [3.8, 4) is 11.3 Å². The van der Waals surface area contributed by atoms with Crippen molar-refractivity contribution in [3.05, 3.63) is 82.0 Å². The largest absolute Gasteiger partial charge is 0.365 e. The summed E-state index contributed by atoms with van der Waals surface area (Å²) >= 11 is 12.1. The number of amides is 1. The first-order chi connectivity index (χ1) is 16.1. The molecule has 33 heavy (non-hydrogen) atoms. The van der Waals surface area contributed by atoms with Crippen molar-refractivity contribution in [3.63, 3.8) is 0 Å². The summed E-state index contributed by atoms with van der Waals surface area (Å²) in [4.78, 5) is 16.9. The number of nitrogens with one attached hydrogen (secondary N) is 3. The number of halogens is 2. The summed E-state index contributed by atoms with van der Waals surface area (Å²) in [5, 5.41) is 15.4. The monoisotopic (exact) mass is 480 g/mol. The summed E-state index contributed by atoms with van der Waals surface area (Å²) in [6.45, 7) is 2.31. The molecule has 0 radical (unpaired) electrons. The van der Waals surface area contributed by atoms with Crippen LogP contribution < -0.4 is 16.0 Å². The van der Waals surface area contributed by atoms with Crippen molar-refractivity contribution in [1.82, 2.24) is 25.2 Å². The van der Waals surface area contributed by atoms with Gasteiger partial charge in [-0.2, -0.15) is 0 Å². The third-order valence-electron chi connectivity index (χ3n) is 5.66. The van der Waals surface area contributed by atoms with Gasteiger partial charge in [-0.15, -0.1) is 5.10 Å². The van der Waals surface area contributed by atoms with Gasteiger partial charge in [-0.3, -0.25) is 4.79 Å². The van der Waals surface area contributed by atoms with Crippen LogP contribution in [0.1, 0.15) is 22.3 Å². The van der Waals surface area contributed by atoms with E-state index in [1.165, 1.54) is 0 Å². The lowest BCUT2D eigenvalue weighted by atomic mass is 10.1. The second kappa shape index (κ2) is 9.39. The lowest BCUT2D eigenvalue weighted by molar-refractivity contribution is 0.0940. The predicted molar refractivity (Wildman–Crippen MR) is 131 cm³/mol. The van der Waals surface area contributed by atoms with Gasteiger partial charge >= 0.3 is 0 Å². The number of hydrogen-bond acceptors (Lipinski definition) is 5. The first-order valence-electron chi connectivity index (χ1n) is 10.7. The van der Waals surface area contributed by atoms with Gasteiger partial charge in [-0.25, -0.2) is 9.50 Å². The molecule has 0 spiro atoms. The van der Waals surface area contributed by atoms with Crippen molar-refractivity contribution in [2.75, 3.05) is 18.4 Å². The molecule has 4 aromatic rings. The number of nitrogens with zero attached hydrogens (tertiary/aromatic N) is 3. The van der Waals surface area contributed by atoms with Crippen LogP contribution in [0.5, 0.6) is 0 Å². The zero-order chi connectivity index (χ0) is 22.8. The van der Waals surface area contributed by atoms with E-state index >= 15 is 0 Å². The smallest absolute Gasteiger partial charge is 0.251 e. The second-order valence-electron chi connectivity index (χ2n) is 7.97. The van der Waals surface area contributed by atoms with Gasteiger partial charge < -0.3 is 16.0 Å². The highest BCUT2D eigenvalue weighted by Crippen LogP contribution is 2.24. The molecule has 5 rings (SSSR count). The van der Waals surface area contributed by atoms with Crippen LogP contribution in [0.3, 0.4) is 0 Å². The fraction of sp³-hybridized carbons (Fsp3) is 0.208. The number of imidazole rings is 1. The standard InChI is InChI=1S/C24H22Cl2N6O/c25-19-6-1-15(11-20(19)26)12-28-22-7-8-23-29-14-21(32(23)31-22)16-2-4-17(5-3-16)24(33)30-18-9-10-27-13-18/h1-8,11,14,18,27H,9-10,12-13H2,(H,28,31)(H,30,33). The Morgan fingerprint density at radius 2 is 1.94 bits per heavy atom. The van der Waals surface area contributed by atoms with Gasteiger partial charge in [0, 0.05) is 30.3 Å². The summed E-state index contributed by atoms with van der Waals surface area (Å²) in [7, 11) is 0. The Morgan fingerprint density at radius 1 is 1.09 bits per heavy atom. The molecule has 9 heteroatoms. The topological polar surface area (TPSA) is 83.3 Å². The van der Waals surface area contributed by atoms with Gasteiger partial charge in [0.15, 0.2) is 5.65 Å². The van der Waals surface area contributed by atoms with E-state index in [1.807, 2.05) is 48.5 Å². The van der Waals surface area contributed by atoms with E-state index in [4.69, 9.17) is 28.3 Å². The molecule has 1 saturated heterocycles. The van der Waals surface area contributed by atoms with Crippen molar-refractivity contribution in [2.45, 2.75) is 19.0 Å². The minimum absolute atomic E-state index is 0.0553. The zero-order valence-electron chi connectivity index (χ0n) is 17.7. The van der Waals surface area contributed by atoms with Crippen LogP contribution in [0.4, 0.5) is 5.82 Å². The van der Waals surface area contributed by atoms with Gasteiger partial charge in [0.1, 0.15) is 5.82 Å². The Kier molecular flexibility index (Phi) is 6.17. The minimum atomic E-state index is -0.0553. The van der Waals surface area contributed by atoms with E-state index in [1.54, 1.807) is 16.8 Å². The van der Waals surface area contributed by atoms with Gasteiger partial charge in [0.25, 0.3) is 5.91 Å². The minimum Gasteiger partial charge on any atom is -0.365 e. The average Bonchev–Trinajstić information content (AvgIpc) is 3.49. The molecule has 3 heterocycles. The van der Waals surface area contributed by atoms with Crippen molar-refractivity contribution >= 4 is 40.6 Å². The highest BCUT2D eigenvalue weighted by Gasteiger charge is 2.17. The second-order valence-corrected chi connectivity index (χ2v) is 8.79. The first-order valence-corrected chi connectivity index (χ1v) is 11.5. The SMILES string of the molecule is O=C(NC1CCNC1)c1ccc(-c2cnc3ccc(NCc4ccc(Cl)c(Cl)c4)nn23)cc1. The molecule has 1 unspecified atom stereocenters. The first kappa shape index (κ1) is 21.7. The van der Waals surface area contributed by atoms with Crippen LogP contribution in [-0.4, -0.2) is 39.6 Å². The molecule has 1 amide bonds. The molecular formula is C24H22Cl2N6O. The summed E-state index contributed by atoms with van der Waals surface area (Å²) in [5.74, 6) is 0.647. The van der Waals surface area contributed by atoms with E-state index in [2.05, 4.69) is 20.9 Å². The number of hydrogen-bond donors (Lipinski definition) is 3. The van der Waals surface area contributed by atoms with Gasteiger partial charge in [-0.1, -0.05) is 41.4 Å². The Bertz CT molecular complexity index is 1300. The molecule has 0 bridgehead atoms. The van der Waals surface area contributed by atoms with Crippen molar-refractivity contribution in [2.24, 2.45) is 0 Å². The quantitative estimate of drug-likeness (QED) is 0.380. The zero-order valence-corrected chi connectivity index (χ0v) is 19.2. The lowest BCUT2D eigenvalue weighted by Gasteiger charge is -2.11. The molecule has 1 atom stereocenters. The van der Waals surface area contributed by atoms with Crippen LogP contribution in [0, 0.1) is 0 Å². The molecule has 1 aliphatic rings. The summed E-state index contributed by atoms with van der Waals surface area (Å²) in [5.41, 5.74) is 4.14. The van der Waals surface area contributed by atoms with Crippen molar-refractivity contribution in [1.29, 1.82) is 0 Å². The molecule has 168 valence electrons. The summed E-state index contributed by atoms with van der Waals surface area (Å²) < 4.78 is 1.79. The number of fused-ring (bicyclic) bond motifs is 1. The predicted octanol–water partition coefficient (Wildman–Crippen LogP) is 4.41. The molecule has 2 aromatic heterocycles. The molecule has 1 aliphatic heterocycles. The molecule has 0 aliphatic carbocycles. The average molecular weight is 481 g/mol. The fourth-order valence-electron chi connectivity index (χ4n) is 3.85. The third kappa shape index (κ3) is 4.80. The van der Waals surface area contributed by atoms with E-state index in [9.17, 15) is 4.79 Å². The number of carbonyl (C=O) groups is 1. The van der Waals surface area contributed by atoms with Gasteiger partial charge in [0.2, 0.25) is 0 Å². The third-order valence-corrected chi connectivity index (χ3v) is 6.40. The van der Waals surface area contributed by atoms with Crippen molar-refractivity contribution < 1.29 is 4.79 Å². The normalized spacial score (nSPS) is 15.6. The molecule has 1 fully saturated rings. The maximum absolute atomic E-state index is 12.5. The number of carbonyl (C=O) groups excluding carboxylic acids is 1. The molecule has 2 aromatic carbocycles. The number of aromatic nitrogens is 3. The van der Waals surface area contributed by atoms with Crippen LogP contribution in [0.25, 0.3) is 16.9 Å². The Balaban J connectivity index is 1.32. The van der Waals surface area contributed by atoms with Crippen LogP contribution in [0.2, 0.25) is 10.0 Å². The number of rotatable bonds is 6. The fourth-order valence-corrected chi connectivity index (χ4v) is 4.17. The van der Waals surface area contributed by atoms with E-state index < -0.39 is 0 Å². The highest BCUT2D eigenvalue weighted by molar-refractivity contribution is 6.42. The van der Waals surface area contributed by atoms with Gasteiger partial charge in [-0.05, 0) is 54.9 Å². The Labute approximate surface area is 201 Å². The van der Waals surface area contributed by atoms with E-state index in [0.29, 0.717) is 28.0 Å². The summed E-state index contributed by atoms with van der Waals surface area (Å²) in [6, 6.07) is 17.0. The molecule has 0 saturated carbocycles. The Morgan fingerprint density at radius 3 is 2.70 bits per heavy atom. The number of anilines is 1.